The predicted octanol–water partition coefficient (Wildman–Crippen LogP) is 4.33. The molecule has 2 aliphatic heterocycles. The molecule has 0 radical (unpaired) electrons. The minimum atomic E-state index is -0.00558. The first-order valence-electron chi connectivity index (χ1n) is 11.1. The molecule has 3 N–H and O–H groups in total. The monoisotopic (exact) mass is 568 g/mol. The van der Waals surface area contributed by atoms with E-state index >= 15 is 0 Å². The fraction of sp³-hybridized carbons (Fsp3) is 0.478. The average molecular weight is 569 g/mol. The number of aliphatic imine (C=N–C) groups is 1. The van der Waals surface area contributed by atoms with E-state index in [4.69, 9.17) is 0 Å². The molecule has 1 aromatic heterocycles. The van der Waals surface area contributed by atoms with Crippen molar-refractivity contribution in [2.45, 2.75) is 38.3 Å². The Morgan fingerprint density at radius 2 is 1.91 bits per heavy atom. The Balaban J connectivity index is 0.00000289. The van der Waals surface area contributed by atoms with Gasteiger partial charge < -0.3 is 25.8 Å². The van der Waals surface area contributed by atoms with Crippen LogP contribution in [0.25, 0.3) is 0 Å². The van der Waals surface area contributed by atoms with E-state index in [1.54, 1.807) is 0 Å². The number of piperidine rings is 1. The summed E-state index contributed by atoms with van der Waals surface area (Å²) in [6.45, 7) is 4.48. The summed E-state index contributed by atoms with van der Waals surface area (Å²) in [5.41, 5.74) is 1.94. The van der Waals surface area contributed by atoms with Gasteiger partial charge in [0, 0.05) is 51.5 Å². The first kappa shape index (κ1) is 24.6. The van der Waals surface area contributed by atoms with E-state index in [1.807, 2.05) is 41.5 Å². The Morgan fingerprint density at radius 1 is 1.12 bits per heavy atom. The molecule has 2 aliphatic rings. The number of nitrogens with zero attached hydrogens (tertiary/aromatic N) is 3. The summed E-state index contributed by atoms with van der Waals surface area (Å²) in [6, 6.07) is 12.7. The van der Waals surface area contributed by atoms with Crippen molar-refractivity contribution < 1.29 is 4.79 Å². The van der Waals surface area contributed by atoms with Gasteiger partial charge in [-0.25, -0.2) is 4.79 Å². The highest BCUT2D eigenvalue weighted by Crippen LogP contribution is 2.24. The highest BCUT2D eigenvalue weighted by Gasteiger charge is 2.21. The van der Waals surface area contributed by atoms with Gasteiger partial charge in [0.05, 0.1) is 5.00 Å². The lowest BCUT2D eigenvalue weighted by molar-refractivity contribution is 0.222. The highest BCUT2D eigenvalue weighted by molar-refractivity contribution is 14.0. The second-order valence-corrected chi connectivity index (χ2v) is 9.03. The third kappa shape index (κ3) is 6.74. The Morgan fingerprint density at radius 3 is 2.59 bits per heavy atom. The summed E-state index contributed by atoms with van der Waals surface area (Å²) in [5, 5.41) is 13.5. The number of rotatable bonds is 5. The van der Waals surface area contributed by atoms with Gasteiger partial charge in [-0.2, -0.15) is 0 Å². The lowest BCUT2D eigenvalue weighted by atomic mass is 10.1. The van der Waals surface area contributed by atoms with E-state index in [0.29, 0.717) is 12.6 Å². The van der Waals surface area contributed by atoms with Gasteiger partial charge in [-0.1, -0.05) is 12.1 Å². The lowest BCUT2D eigenvalue weighted by Crippen LogP contribution is -2.48. The molecule has 1 aromatic carbocycles. The smallest absolute Gasteiger partial charge is 0.321 e. The van der Waals surface area contributed by atoms with Crippen molar-refractivity contribution in [3.05, 3.63) is 47.3 Å². The number of urea groups is 1. The summed E-state index contributed by atoms with van der Waals surface area (Å²) in [4.78, 5) is 21.1. The van der Waals surface area contributed by atoms with Gasteiger partial charge in [0.15, 0.2) is 5.96 Å². The maximum absolute atomic E-state index is 12.3. The standard InChI is InChI=1S/C23H32N6OS.HI/c1-24-22(26-19-9-13-28(14-10-19)21-8-5-15-31-21)25-17-18-6-4-7-20(16-18)27-23(30)29-11-2-3-12-29;/h4-8,15-16,19H,2-3,9-14,17H2,1H3,(H,27,30)(H2,24,25,26);1H. The van der Waals surface area contributed by atoms with Gasteiger partial charge >= 0.3 is 6.03 Å². The summed E-state index contributed by atoms with van der Waals surface area (Å²) < 4.78 is 0. The number of guanidine groups is 1. The SMILES string of the molecule is CN=C(NCc1cccc(NC(=O)N2CCCC2)c1)NC1CCN(c2cccs2)CC1.I. The zero-order valence-electron chi connectivity index (χ0n) is 18.5. The van der Waals surface area contributed by atoms with Crippen molar-refractivity contribution in [3.8, 4) is 0 Å². The van der Waals surface area contributed by atoms with Gasteiger partial charge in [0.2, 0.25) is 0 Å². The van der Waals surface area contributed by atoms with Crippen LogP contribution in [0.5, 0.6) is 0 Å². The van der Waals surface area contributed by atoms with Crippen molar-refractivity contribution in [3.63, 3.8) is 0 Å². The molecule has 0 bridgehead atoms. The first-order chi connectivity index (χ1) is 15.2. The van der Waals surface area contributed by atoms with Gasteiger partial charge in [0.1, 0.15) is 0 Å². The molecule has 2 aromatic rings. The van der Waals surface area contributed by atoms with Crippen molar-refractivity contribution in [1.82, 2.24) is 15.5 Å². The van der Waals surface area contributed by atoms with E-state index in [0.717, 1.165) is 69.1 Å². The van der Waals surface area contributed by atoms with Crippen LogP contribution >= 0.6 is 35.3 Å². The molecule has 32 heavy (non-hydrogen) atoms. The van der Waals surface area contributed by atoms with Crippen molar-refractivity contribution in [2.75, 3.05) is 43.4 Å². The number of likely N-dealkylation sites (tertiary alicyclic amines) is 1. The zero-order valence-corrected chi connectivity index (χ0v) is 21.7. The maximum Gasteiger partial charge on any atom is 0.321 e. The number of thiophene rings is 1. The number of hydrogen-bond donors (Lipinski definition) is 3. The molecule has 3 heterocycles. The number of carbonyl (C=O) groups excluding carboxylic acids is 1. The maximum atomic E-state index is 12.3. The molecule has 2 saturated heterocycles. The Bertz CT molecular complexity index is 876. The van der Waals surface area contributed by atoms with Crippen LogP contribution in [-0.4, -0.2) is 56.2 Å². The molecule has 0 spiro atoms. The number of carbonyl (C=O) groups is 1. The van der Waals surface area contributed by atoms with Crippen molar-refractivity contribution in [2.24, 2.45) is 4.99 Å². The molecule has 0 saturated carbocycles. The van der Waals surface area contributed by atoms with E-state index in [9.17, 15) is 4.79 Å². The van der Waals surface area contributed by atoms with E-state index in [-0.39, 0.29) is 30.0 Å². The summed E-state index contributed by atoms with van der Waals surface area (Å²) in [7, 11) is 1.81. The van der Waals surface area contributed by atoms with Crippen LogP contribution in [0.1, 0.15) is 31.2 Å². The first-order valence-corrected chi connectivity index (χ1v) is 12.0. The number of amides is 2. The number of nitrogens with one attached hydrogen (secondary N) is 3. The van der Waals surface area contributed by atoms with E-state index in [1.165, 1.54) is 5.00 Å². The van der Waals surface area contributed by atoms with Crippen LogP contribution in [0.4, 0.5) is 15.5 Å². The lowest BCUT2D eigenvalue weighted by Gasteiger charge is -2.33. The third-order valence-corrected chi connectivity index (χ3v) is 6.84. The zero-order chi connectivity index (χ0) is 21.5. The van der Waals surface area contributed by atoms with Gasteiger partial charge in [-0.3, -0.25) is 4.99 Å². The van der Waals surface area contributed by atoms with Gasteiger partial charge in [0.25, 0.3) is 0 Å². The van der Waals surface area contributed by atoms with Crippen LogP contribution in [0.2, 0.25) is 0 Å². The van der Waals surface area contributed by atoms with Crippen molar-refractivity contribution in [1.29, 1.82) is 0 Å². The van der Waals surface area contributed by atoms with Crippen LogP contribution < -0.4 is 20.9 Å². The molecular weight excluding hydrogens is 535 g/mol. The van der Waals surface area contributed by atoms with Gasteiger partial charge in [-0.05, 0) is 60.9 Å². The fourth-order valence-electron chi connectivity index (χ4n) is 4.15. The summed E-state index contributed by atoms with van der Waals surface area (Å²) in [6.07, 6.45) is 4.38. The van der Waals surface area contributed by atoms with Crippen LogP contribution in [0.15, 0.2) is 46.8 Å². The normalized spacial score (nSPS) is 17.1. The molecule has 0 aliphatic carbocycles. The van der Waals surface area contributed by atoms with Gasteiger partial charge in [-0.15, -0.1) is 35.3 Å². The summed E-state index contributed by atoms with van der Waals surface area (Å²) >= 11 is 1.81. The number of anilines is 2. The molecule has 0 unspecified atom stereocenters. The second-order valence-electron chi connectivity index (χ2n) is 8.11. The molecule has 2 amide bonds. The molecule has 2 fully saturated rings. The largest absolute Gasteiger partial charge is 0.363 e. The van der Waals surface area contributed by atoms with Crippen LogP contribution in [0.3, 0.4) is 0 Å². The van der Waals surface area contributed by atoms with E-state index < -0.39 is 0 Å². The number of benzene rings is 1. The summed E-state index contributed by atoms with van der Waals surface area (Å²) in [5.74, 6) is 0.820. The molecule has 7 nitrogen and oxygen atoms in total. The molecular formula is C23H33IN6OS. The predicted molar refractivity (Wildman–Crippen MR) is 145 cm³/mol. The Kier molecular flexibility index (Phi) is 9.46. The van der Waals surface area contributed by atoms with Crippen LogP contribution in [-0.2, 0) is 6.54 Å². The van der Waals surface area contributed by atoms with E-state index in [2.05, 4.69) is 49.4 Å². The molecule has 4 rings (SSSR count). The third-order valence-electron chi connectivity index (χ3n) is 5.91. The second kappa shape index (κ2) is 12.3. The number of hydrogen-bond acceptors (Lipinski definition) is 4. The highest BCUT2D eigenvalue weighted by atomic mass is 127. The molecule has 9 heteroatoms. The topological polar surface area (TPSA) is 72.0 Å². The van der Waals surface area contributed by atoms with Crippen LogP contribution in [0, 0.1) is 0 Å². The minimum absolute atomic E-state index is 0. The quantitative estimate of drug-likeness (QED) is 0.286. The molecule has 174 valence electrons. The molecule has 0 atom stereocenters. The Hall–Kier alpha value is -2.01. The Labute approximate surface area is 211 Å². The van der Waals surface area contributed by atoms with Crippen molar-refractivity contribution >= 4 is 58.0 Å². The fourth-order valence-corrected chi connectivity index (χ4v) is 4.93. The average Bonchev–Trinajstić information content (AvgIpc) is 3.52. The minimum Gasteiger partial charge on any atom is -0.363 e. The number of halogens is 1.